The third-order valence-electron chi connectivity index (χ3n) is 3.95. The minimum absolute atomic E-state index is 0.0193. The first-order valence-electron chi connectivity index (χ1n) is 7.57. The average molecular weight is 298 g/mol. The summed E-state index contributed by atoms with van der Waals surface area (Å²) in [6, 6.07) is -0.352. The fraction of sp³-hybridized carbons (Fsp3) is 0.800. The minimum atomic E-state index is -0.929. The molecule has 0 bridgehead atoms. The van der Waals surface area contributed by atoms with Gasteiger partial charge in [-0.1, -0.05) is 26.7 Å². The summed E-state index contributed by atoms with van der Waals surface area (Å²) in [6.45, 7) is 5.10. The molecular weight excluding hydrogens is 272 g/mol. The summed E-state index contributed by atoms with van der Waals surface area (Å²) in [5, 5.41) is 11.7. The van der Waals surface area contributed by atoms with Crippen LogP contribution in [-0.4, -0.2) is 52.8 Å². The number of carbonyl (C=O) groups is 3. The van der Waals surface area contributed by atoms with Crippen molar-refractivity contribution in [2.75, 3.05) is 13.1 Å². The van der Waals surface area contributed by atoms with Crippen molar-refractivity contribution in [1.82, 2.24) is 10.2 Å². The van der Waals surface area contributed by atoms with E-state index >= 15 is 0 Å². The van der Waals surface area contributed by atoms with E-state index in [1.54, 1.807) is 4.90 Å². The number of nitrogens with zero attached hydrogens (tertiary/aromatic N) is 1. The molecule has 1 atom stereocenters. The van der Waals surface area contributed by atoms with Gasteiger partial charge in [-0.05, 0) is 25.7 Å². The van der Waals surface area contributed by atoms with Crippen LogP contribution >= 0.6 is 0 Å². The van der Waals surface area contributed by atoms with Crippen molar-refractivity contribution in [3.05, 3.63) is 0 Å². The smallest absolute Gasteiger partial charge is 0.317 e. The van der Waals surface area contributed by atoms with Gasteiger partial charge >= 0.3 is 5.97 Å². The Balaban J connectivity index is 2.62. The monoisotopic (exact) mass is 298 g/mol. The van der Waals surface area contributed by atoms with E-state index in [4.69, 9.17) is 5.11 Å². The molecule has 0 aromatic carbocycles. The third kappa shape index (κ3) is 5.83. The lowest BCUT2D eigenvalue weighted by molar-refractivity contribution is -0.139. The number of carboxylic acid groups (broad SMARTS) is 1. The highest BCUT2D eigenvalue weighted by Gasteiger charge is 2.27. The SMILES string of the molecule is CC(=O)C(NC(=O)CN(CC(=O)O)C1CCCC1)C(C)C. The number of aliphatic carboxylic acids is 1. The van der Waals surface area contributed by atoms with Gasteiger partial charge in [-0.2, -0.15) is 0 Å². The highest BCUT2D eigenvalue weighted by molar-refractivity contribution is 5.88. The first-order valence-corrected chi connectivity index (χ1v) is 7.57. The molecular formula is C15H26N2O4. The Bertz CT molecular complexity index is 389. The van der Waals surface area contributed by atoms with Crippen LogP contribution in [-0.2, 0) is 14.4 Å². The van der Waals surface area contributed by atoms with E-state index in [2.05, 4.69) is 5.32 Å². The van der Waals surface area contributed by atoms with E-state index in [9.17, 15) is 14.4 Å². The number of hydrogen-bond donors (Lipinski definition) is 2. The van der Waals surface area contributed by atoms with Gasteiger partial charge in [0.2, 0.25) is 5.91 Å². The molecule has 1 aliphatic rings. The second-order valence-corrected chi connectivity index (χ2v) is 6.14. The Kier molecular flexibility index (Phi) is 6.81. The Labute approximate surface area is 125 Å². The Morgan fingerprint density at radius 1 is 1.19 bits per heavy atom. The number of Topliss-reactive ketones (excluding diaryl/α,β-unsaturated/α-hetero) is 1. The molecule has 6 nitrogen and oxygen atoms in total. The molecule has 6 heteroatoms. The Hall–Kier alpha value is -1.43. The zero-order valence-corrected chi connectivity index (χ0v) is 13.1. The van der Waals surface area contributed by atoms with Crippen molar-refractivity contribution in [3.8, 4) is 0 Å². The first kappa shape index (κ1) is 17.6. The van der Waals surface area contributed by atoms with Crippen LogP contribution in [0, 0.1) is 5.92 Å². The van der Waals surface area contributed by atoms with Crippen LogP contribution in [0.25, 0.3) is 0 Å². The maximum atomic E-state index is 12.1. The summed E-state index contributed by atoms with van der Waals surface area (Å²) in [4.78, 5) is 36.3. The van der Waals surface area contributed by atoms with Gasteiger partial charge in [0, 0.05) is 6.04 Å². The van der Waals surface area contributed by atoms with Crippen molar-refractivity contribution >= 4 is 17.7 Å². The van der Waals surface area contributed by atoms with Gasteiger partial charge in [0.15, 0.2) is 5.78 Å². The molecule has 0 aromatic heterocycles. The fourth-order valence-electron chi connectivity index (χ4n) is 2.90. The highest BCUT2D eigenvalue weighted by Crippen LogP contribution is 2.23. The fourth-order valence-corrected chi connectivity index (χ4v) is 2.90. The van der Waals surface area contributed by atoms with Gasteiger partial charge in [-0.25, -0.2) is 0 Å². The molecule has 21 heavy (non-hydrogen) atoms. The number of rotatable bonds is 8. The van der Waals surface area contributed by atoms with Crippen molar-refractivity contribution in [2.24, 2.45) is 5.92 Å². The topological polar surface area (TPSA) is 86.7 Å². The maximum absolute atomic E-state index is 12.1. The van der Waals surface area contributed by atoms with Crippen LogP contribution < -0.4 is 5.32 Å². The number of carbonyl (C=O) groups excluding carboxylic acids is 2. The number of hydrogen-bond acceptors (Lipinski definition) is 4. The van der Waals surface area contributed by atoms with Crippen molar-refractivity contribution < 1.29 is 19.5 Å². The van der Waals surface area contributed by atoms with E-state index < -0.39 is 12.0 Å². The van der Waals surface area contributed by atoms with Crippen LogP contribution in [0.5, 0.6) is 0 Å². The van der Waals surface area contributed by atoms with Crippen LogP contribution in [0.1, 0.15) is 46.5 Å². The number of nitrogens with one attached hydrogen (secondary N) is 1. The van der Waals surface area contributed by atoms with E-state index in [1.807, 2.05) is 13.8 Å². The molecule has 0 aliphatic heterocycles. The van der Waals surface area contributed by atoms with E-state index in [1.165, 1.54) is 6.92 Å². The van der Waals surface area contributed by atoms with Gasteiger partial charge < -0.3 is 10.4 Å². The summed E-state index contributed by atoms with van der Waals surface area (Å²) in [6.07, 6.45) is 4.01. The third-order valence-corrected chi connectivity index (χ3v) is 3.95. The standard InChI is InChI=1S/C15H26N2O4/c1-10(2)15(11(3)18)16-13(19)8-17(9-14(20)21)12-6-4-5-7-12/h10,12,15H,4-9H2,1-3H3,(H,16,19)(H,20,21). The predicted molar refractivity (Wildman–Crippen MR) is 78.9 cm³/mol. The number of amides is 1. The van der Waals surface area contributed by atoms with Crippen molar-refractivity contribution in [1.29, 1.82) is 0 Å². The molecule has 1 saturated carbocycles. The van der Waals surface area contributed by atoms with Crippen LogP contribution in [0.3, 0.4) is 0 Å². The van der Waals surface area contributed by atoms with Crippen LogP contribution in [0.15, 0.2) is 0 Å². The molecule has 0 spiro atoms. The molecule has 1 aliphatic carbocycles. The Morgan fingerprint density at radius 2 is 1.76 bits per heavy atom. The number of ketones is 1. The maximum Gasteiger partial charge on any atom is 0.317 e. The van der Waals surface area contributed by atoms with Crippen LogP contribution in [0.4, 0.5) is 0 Å². The second kappa shape index (κ2) is 8.12. The summed E-state index contributed by atoms with van der Waals surface area (Å²) in [5.74, 6) is -1.27. The molecule has 0 aromatic rings. The quantitative estimate of drug-likeness (QED) is 0.699. The lowest BCUT2D eigenvalue weighted by Gasteiger charge is -2.28. The van der Waals surface area contributed by atoms with Crippen molar-refractivity contribution in [2.45, 2.75) is 58.5 Å². The normalized spacial score (nSPS) is 17.2. The van der Waals surface area contributed by atoms with Gasteiger partial charge in [0.1, 0.15) is 0 Å². The van der Waals surface area contributed by atoms with Gasteiger partial charge in [-0.15, -0.1) is 0 Å². The molecule has 1 fully saturated rings. The van der Waals surface area contributed by atoms with E-state index in [0.29, 0.717) is 0 Å². The molecule has 0 heterocycles. The predicted octanol–water partition coefficient (Wildman–Crippen LogP) is 1.05. The zero-order valence-electron chi connectivity index (χ0n) is 13.1. The summed E-state index contributed by atoms with van der Waals surface area (Å²) < 4.78 is 0. The lowest BCUT2D eigenvalue weighted by Crippen LogP contribution is -2.49. The molecule has 0 saturated heterocycles. The van der Waals surface area contributed by atoms with E-state index in [0.717, 1.165) is 25.7 Å². The molecule has 1 rings (SSSR count). The first-order chi connectivity index (χ1) is 9.81. The zero-order chi connectivity index (χ0) is 16.0. The number of carboxylic acids is 1. The average Bonchev–Trinajstić information content (AvgIpc) is 2.87. The summed E-state index contributed by atoms with van der Waals surface area (Å²) in [5.41, 5.74) is 0. The lowest BCUT2D eigenvalue weighted by atomic mass is 10.0. The molecule has 120 valence electrons. The van der Waals surface area contributed by atoms with Gasteiger partial charge in [-0.3, -0.25) is 19.3 Å². The molecule has 2 N–H and O–H groups in total. The van der Waals surface area contributed by atoms with Crippen molar-refractivity contribution in [3.63, 3.8) is 0 Å². The van der Waals surface area contributed by atoms with Crippen LogP contribution in [0.2, 0.25) is 0 Å². The second-order valence-electron chi connectivity index (χ2n) is 6.14. The van der Waals surface area contributed by atoms with Gasteiger partial charge in [0.25, 0.3) is 0 Å². The molecule has 1 unspecified atom stereocenters. The van der Waals surface area contributed by atoms with Gasteiger partial charge in [0.05, 0.1) is 19.1 Å². The van der Waals surface area contributed by atoms with E-state index in [-0.39, 0.29) is 36.7 Å². The molecule has 1 amide bonds. The summed E-state index contributed by atoms with van der Waals surface area (Å²) >= 11 is 0. The highest BCUT2D eigenvalue weighted by atomic mass is 16.4. The Morgan fingerprint density at radius 3 is 2.19 bits per heavy atom. The minimum Gasteiger partial charge on any atom is -0.480 e. The molecule has 0 radical (unpaired) electrons. The summed E-state index contributed by atoms with van der Waals surface area (Å²) in [7, 11) is 0. The largest absolute Gasteiger partial charge is 0.480 e.